The van der Waals surface area contributed by atoms with Gasteiger partial charge >= 0.3 is 0 Å². The van der Waals surface area contributed by atoms with Crippen molar-refractivity contribution in [3.8, 4) is 0 Å². The summed E-state index contributed by atoms with van der Waals surface area (Å²) in [5, 5.41) is 8.26. The highest BCUT2D eigenvalue weighted by Crippen LogP contribution is 2.36. The smallest absolute Gasteiger partial charge is 0.180 e. The summed E-state index contributed by atoms with van der Waals surface area (Å²) >= 11 is 0. The van der Waals surface area contributed by atoms with Gasteiger partial charge < -0.3 is 5.41 Å². The van der Waals surface area contributed by atoms with Crippen LogP contribution in [-0.4, -0.2) is 35.5 Å². The zero-order valence-electron chi connectivity index (χ0n) is 14.1. The Hall–Kier alpha value is -1.58. The lowest BCUT2D eigenvalue weighted by Crippen LogP contribution is -2.47. The molecule has 2 aliphatic heterocycles. The molecular weight excluding hydrogens is 286 g/mol. The molecule has 0 bridgehead atoms. The Balaban J connectivity index is 1.77. The molecule has 2 heterocycles. The molecule has 0 amide bonds. The van der Waals surface area contributed by atoms with Crippen LogP contribution in [0.5, 0.6) is 0 Å². The van der Waals surface area contributed by atoms with Gasteiger partial charge in [0.25, 0.3) is 0 Å². The maximum Gasteiger partial charge on any atom is 0.180 e. The first-order chi connectivity index (χ1) is 11.2. The summed E-state index contributed by atoms with van der Waals surface area (Å²) in [6.45, 7) is 6.83. The molecule has 0 spiro atoms. The van der Waals surface area contributed by atoms with Crippen LogP contribution in [0.3, 0.4) is 0 Å². The quantitative estimate of drug-likeness (QED) is 0.590. The Morgan fingerprint density at radius 2 is 2.17 bits per heavy atom. The number of hydrogen-bond donors (Lipinski definition) is 1. The van der Waals surface area contributed by atoms with Crippen LogP contribution >= 0.6 is 0 Å². The number of carbonyl (C=O) groups excluding carboxylic acids is 1. The molecule has 4 unspecified atom stereocenters. The minimum absolute atomic E-state index is 0.00268. The SMILES string of the molecule is C=CCC1CC2N=C3C(=NCC3CCCCC)CC2C(=N)C1=O. The number of allylic oxidation sites excluding steroid dienone is 1. The third-order valence-corrected chi connectivity index (χ3v) is 5.51. The summed E-state index contributed by atoms with van der Waals surface area (Å²) in [5.41, 5.74) is 2.54. The van der Waals surface area contributed by atoms with Gasteiger partial charge in [-0.05, 0) is 19.3 Å². The number of unbranched alkanes of at least 4 members (excludes halogenated alkanes) is 2. The van der Waals surface area contributed by atoms with Crippen molar-refractivity contribution in [3.05, 3.63) is 12.7 Å². The molecule has 1 N–H and O–H groups in total. The van der Waals surface area contributed by atoms with Crippen LogP contribution in [0.1, 0.15) is 51.9 Å². The van der Waals surface area contributed by atoms with Crippen LogP contribution in [0.2, 0.25) is 0 Å². The van der Waals surface area contributed by atoms with Gasteiger partial charge in [0.05, 0.1) is 23.2 Å². The third-order valence-electron chi connectivity index (χ3n) is 5.51. The fourth-order valence-corrected chi connectivity index (χ4v) is 4.17. The van der Waals surface area contributed by atoms with E-state index in [1.807, 2.05) is 0 Å². The molecule has 3 rings (SSSR count). The van der Waals surface area contributed by atoms with E-state index in [1.54, 1.807) is 6.08 Å². The molecule has 4 heteroatoms. The monoisotopic (exact) mass is 313 g/mol. The Morgan fingerprint density at radius 3 is 2.91 bits per heavy atom. The Morgan fingerprint density at radius 1 is 1.35 bits per heavy atom. The molecular formula is C19H27N3O. The summed E-state index contributed by atoms with van der Waals surface area (Å²) in [6, 6.07) is 0.103. The normalized spacial score (nSPS) is 32.9. The molecule has 0 aromatic rings. The molecule has 0 aromatic carbocycles. The predicted octanol–water partition coefficient (Wildman–Crippen LogP) is 3.65. The molecule has 124 valence electrons. The number of ketones is 1. The van der Waals surface area contributed by atoms with E-state index in [4.69, 9.17) is 10.4 Å². The standard InChI is InChI=1S/C19H27N3O/c1-3-5-6-8-13-11-21-16-10-14-15(22-18(13)16)9-12(7-4-2)19(23)17(14)20/h4,12-15,20H,2-3,5-11H2,1H3. The summed E-state index contributed by atoms with van der Waals surface area (Å²) in [6.07, 6.45) is 8.90. The molecule has 3 aliphatic rings. The van der Waals surface area contributed by atoms with Gasteiger partial charge in [0, 0.05) is 30.7 Å². The lowest BCUT2D eigenvalue weighted by molar-refractivity contribution is -0.118. The van der Waals surface area contributed by atoms with Crippen LogP contribution in [0, 0.1) is 23.2 Å². The molecule has 4 nitrogen and oxygen atoms in total. The third kappa shape index (κ3) is 3.08. The Kier molecular flexibility index (Phi) is 4.88. The van der Waals surface area contributed by atoms with E-state index in [2.05, 4.69) is 18.5 Å². The lowest BCUT2D eigenvalue weighted by Gasteiger charge is -2.36. The molecule has 0 saturated heterocycles. The van der Waals surface area contributed by atoms with Crippen molar-refractivity contribution in [2.45, 2.75) is 57.9 Å². The van der Waals surface area contributed by atoms with Gasteiger partial charge in [0.1, 0.15) is 0 Å². The topological polar surface area (TPSA) is 65.6 Å². The van der Waals surface area contributed by atoms with E-state index < -0.39 is 0 Å². The van der Waals surface area contributed by atoms with Gasteiger partial charge in [-0.25, -0.2) is 0 Å². The highest BCUT2D eigenvalue weighted by Gasteiger charge is 2.44. The van der Waals surface area contributed by atoms with Crippen molar-refractivity contribution in [3.63, 3.8) is 0 Å². The number of carbonyl (C=O) groups is 1. The van der Waals surface area contributed by atoms with Gasteiger partial charge in [-0.15, -0.1) is 6.58 Å². The second-order valence-corrected chi connectivity index (χ2v) is 7.11. The summed E-state index contributed by atoms with van der Waals surface area (Å²) in [4.78, 5) is 22.0. The fraction of sp³-hybridized carbons (Fsp3) is 0.684. The fourth-order valence-electron chi connectivity index (χ4n) is 4.17. The predicted molar refractivity (Wildman–Crippen MR) is 94.9 cm³/mol. The molecule has 0 radical (unpaired) electrons. The molecule has 1 aliphatic carbocycles. The van der Waals surface area contributed by atoms with E-state index in [0.29, 0.717) is 12.3 Å². The lowest BCUT2D eigenvalue weighted by atomic mass is 9.71. The Bertz CT molecular complexity index is 575. The van der Waals surface area contributed by atoms with Gasteiger partial charge in [0.2, 0.25) is 0 Å². The van der Waals surface area contributed by atoms with Crippen LogP contribution in [0.15, 0.2) is 22.6 Å². The van der Waals surface area contributed by atoms with Crippen LogP contribution in [-0.2, 0) is 4.79 Å². The van der Waals surface area contributed by atoms with Crippen LogP contribution in [0.25, 0.3) is 0 Å². The van der Waals surface area contributed by atoms with Gasteiger partial charge in [-0.2, -0.15) is 0 Å². The number of nitrogens with zero attached hydrogens (tertiary/aromatic N) is 2. The van der Waals surface area contributed by atoms with Crippen LogP contribution < -0.4 is 0 Å². The van der Waals surface area contributed by atoms with Crippen molar-refractivity contribution < 1.29 is 4.79 Å². The molecule has 1 fully saturated rings. The highest BCUT2D eigenvalue weighted by atomic mass is 16.1. The molecule has 23 heavy (non-hydrogen) atoms. The van der Waals surface area contributed by atoms with E-state index in [-0.39, 0.29) is 29.4 Å². The first kappa shape index (κ1) is 16.3. The maximum absolute atomic E-state index is 12.3. The highest BCUT2D eigenvalue weighted by molar-refractivity contribution is 6.48. The first-order valence-corrected chi connectivity index (χ1v) is 9.00. The minimum atomic E-state index is -0.0935. The molecule has 4 atom stereocenters. The summed E-state index contributed by atoms with van der Waals surface area (Å²) < 4.78 is 0. The number of Topliss-reactive ketones (excluding diaryl/α,β-unsaturated/α-hetero) is 1. The van der Waals surface area contributed by atoms with Gasteiger partial charge in [-0.3, -0.25) is 14.8 Å². The number of nitrogens with one attached hydrogen (secondary N) is 1. The zero-order valence-corrected chi connectivity index (χ0v) is 14.1. The number of fused-ring (bicyclic) bond motifs is 2. The Labute approximate surface area is 138 Å². The van der Waals surface area contributed by atoms with Crippen molar-refractivity contribution in [2.24, 2.45) is 27.7 Å². The number of rotatable bonds is 6. The van der Waals surface area contributed by atoms with Crippen molar-refractivity contribution in [2.75, 3.05) is 6.54 Å². The van der Waals surface area contributed by atoms with E-state index in [1.165, 1.54) is 31.4 Å². The van der Waals surface area contributed by atoms with E-state index in [9.17, 15) is 4.79 Å². The number of aliphatic imine (C=N–C) groups is 2. The summed E-state index contributed by atoms with van der Waals surface area (Å²) in [5.74, 6) is 0.342. The summed E-state index contributed by atoms with van der Waals surface area (Å²) in [7, 11) is 0. The van der Waals surface area contributed by atoms with Crippen molar-refractivity contribution >= 4 is 22.9 Å². The average molecular weight is 313 g/mol. The second kappa shape index (κ2) is 6.90. The second-order valence-electron chi connectivity index (χ2n) is 7.11. The van der Waals surface area contributed by atoms with Crippen molar-refractivity contribution in [1.29, 1.82) is 5.41 Å². The minimum Gasteiger partial charge on any atom is -0.301 e. The first-order valence-electron chi connectivity index (χ1n) is 9.00. The zero-order chi connectivity index (χ0) is 16.4. The van der Waals surface area contributed by atoms with E-state index in [0.717, 1.165) is 25.1 Å². The van der Waals surface area contributed by atoms with E-state index >= 15 is 0 Å². The molecule has 1 saturated carbocycles. The maximum atomic E-state index is 12.3. The molecule has 0 aromatic heterocycles. The largest absolute Gasteiger partial charge is 0.301 e. The van der Waals surface area contributed by atoms with Crippen molar-refractivity contribution in [1.82, 2.24) is 0 Å². The van der Waals surface area contributed by atoms with Crippen LogP contribution in [0.4, 0.5) is 0 Å². The van der Waals surface area contributed by atoms with Gasteiger partial charge in [0.15, 0.2) is 5.78 Å². The average Bonchev–Trinajstić information content (AvgIpc) is 2.94. The van der Waals surface area contributed by atoms with Gasteiger partial charge in [-0.1, -0.05) is 32.3 Å². The number of hydrogen-bond acceptors (Lipinski definition) is 4.